The maximum Gasteiger partial charge on any atom is 0.422 e. The van der Waals surface area contributed by atoms with Crippen LogP contribution in [0.2, 0.25) is 0 Å². The summed E-state index contributed by atoms with van der Waals surface area (Å²) in [6.07, 6.45) is -3.05. The molecule has 1 amide bonds. The third kappa shape index (κ3) is 6.25. The Kier molecular flexibility index (Phi) is 7.94. The smallest absolute Gasteiger partial charge is 0.422 e. The molecule has 2 N–H and O–H groups in total. The van der Waals surface area contributed by atoms with Gasteiger partial charge in [0.1, 0.15) is 5.75 Å². The Labute approximate surface area is 162 Å². The zero-order valence-corrected chi connectivity index (χ0v) is 16.3. The van der Waals surface area contributed by atoms with Gasteiger partial charge in [-0.15, -0.1) is 12.4 Å². The lowest BCUT2D eigenvalue weighted by molar-refractivity contribution is -0.153. The van der Waals surface area contributed by atoms with Crippen molar-refractivity contribution in [2.24, 2.45) is 0 Å². The normalized spacial score (nSPS) is 16.9. The zero-order chi connectivity index (χ0) is 19.4. The van der Waals surface area contributed by atoms with E-state index in [1.165, 1.54) is 18.2 Å². The molecule has 1 aromatic rings. The van der Waals surface area contributed by atoms with Gasteiger partial charge in [-0.05, 0) is 43.6 Å². The standard InChI is InChI=1S/C16H21F3N2O4S.ClH/c1-26(23,24)15(5-7-20-8-6-15)14(22)21-10-12-3-2-4-13(9-12)25-11-16(17,18)19;/h2-4,9,20H,5-8,10-11H2,1H3,(H,21,22);1H. The van der Waals surface area contributed by atoms with Crippen LogP contribution in [0.4, 0.5) is 13.2 Å². The van der Waals surface area contributed by atoms with Crippen LogP contribution in [-0.2, 0) is 21.2 Å². The average molecular weight is 431 g/mol. The van der Waals surface area contributed by atoms with E-state index >= 15 is 0 Å². The molecule has 11 heteroatoms. The van der Waals surface area contributed by atoms with E-state index in [2.05, 4.69) is 15.4 Å². The van der Waals surface area contributed by atoms with Crippen LogP contribution in [0.25, 0.3) is 0 Å². The summed E-state index contributed by atoms with van der Waals surface area (Å²) < 4.78 is 64.2. The van der Waals surface area contributed by atoms with Crippen molar-refractivity contribution >= 4 is 28.2 Å². The number of sulfone groups is 1. The summed E-state index contributed by atoms with van der Waals surface area (Å²) in [5.41, 5.74) is 0.510. The van der Waals surface area contributed by atoms with E-state index in [9.17, 15) is 26.4 Å². The highest BCUT2D eigenvalue weighted by Gasteiger charge is 2.48. The van der Waals surface area contributed by atoms with Crippen molar-refractivity contribution in [1.82, 2.24) is 10.6 Å². The molecule has 0 unspecified atom stereocenters. The molecule has 0 radical (unpaired) electrons. The highest BCUT2D eigenvalue weighted by Crippen LogP contribution is 2.28. The fraction of sp³-hybridized carbons (Fsp3) is 0.562. The van der Waals surface area contributed by atoms with Crippen molar-refractivity contribution < 1.29 is 31.1 Å². The van der Waals surface area contributed by atoms with Crippen LogP contribution in [0.1, 0.15) is 18.4 Å². The lowest BCUT2D eigenvalue weighted by atomic mass is 9.95. The molecule has 1 fully saturated rings. The van der Waals surface area contributed by atoms with E-state index < -0.39 is 33.3 Å². The Balaban J connectivity index is 0.00000364. The van der Waals surface area contributed by atoms with E-state index in [4.69, 9.17) is 0 Å². The van der Waals surface area contributed by atoms with E-state index in [-0.39, 0.29) is 37.5 Å². The Morgan fingerprint density at radius 2 is 1.93 bits per heavy atom. The number of halogens is 4. The maximum atomic E-state index is 12.6. The third-order valence-electron chi connectivity index (χ3n) is 4.29. The Bertz CT molecular complexity index is 750. The Hall–Kier alpha value is -1.52. The summed E-state index contributed by atoms with van der Waals surface area (Å²) in [5.74, 6) is -0.572. The van der Waals surface area contributed by atoms with Crippen LogP contribution in [-0.4, -0.2) is 51.2 Å². The van der Waals surface area contributed by atoms with Crippen LogP contribution < -0.4 is 15.4 Å². The van der Waals surface area contributed by atoms with Gasteiger partial charge in [0.2, 0.25) is 5.91 Å². The minimum absolute atomic E-state index is 0. The van der Waals surface area contributed by atoms with E-state index in [0.717, 1.165) is 6.26 Å². The number of ether oxygens (including phenoxy) is 1. The topological polar surface area (TPSA) is 84.5 Å². The number of benzene rings is 1. The van der Waals surface area contributed by atoms with Crippen molar-refractivity contribution in [2.75, 3.05) is 26.0 Å². The molecule has 27 heavy (non-hydrogen) atoms. The molecular formula is C16H22ClF3N2O4S. The van der Waals surface area contributed by atoms with Crippen LogP contribution in [0, 0.1) is 0 Å². The van der Waals surface area contributed by atoms with Crippen molar-refractivity contribution in [2.45, 2.75) is 30.3 Å². The predicted molar refractivity (Wildman–Crippen MR) is 96.8 cm³/mol. The van der Waals surface area contributed by atoms with Gasteiger partial charge >= 0.3 is 6.18 Å². The number of hydrogen-bond acceptors (Lipinski definition) is 5. The first kappa shape index (κ1) is 23.5. The molecule has 0 aliphatic carbocycles. The first-order valence-electron chi connectivity index (χ1n) is 8.01. The predicted octanol–water partition coefficient (Wildman–Crippen LogP) is 1.83. The maximum absolute atomic E-state index is 12.6. The van der Waals surface area contributed by atoms with Gasteiger partial charge in [0.15, 0.2) is 21.2 Å². The van der Waals surface area contributed by atoms with Gasteiger partial charge in [-0.1, -0.05) is 12.1 Å². The number of carbonyl (C=O) groups excluding carboxylic acids is 1. The number of hydrogen-bond donors (Lipinski definition) is 2. The molecule has 6 nitrogen and oxygen atoms in total. The summed E-state index contributed by atoms with van der Waals surface area (Å²) in [6.45, 7) is -0.581. The number of rotatable bonds is 6. The SMILES string of the molecule is CS(=O)(=O)C1(C(=O)NCc2cccc(OCC(F)(F)F)c2)CCNCC1.Cl. The van der Waals surface area contributed by atoms with Crippen LogP contribution in [0.15, 0.2) is 24.3 Å². The second-order valence-electron chi connectivity index (χ2n) is 6.25. The van der Waals surface area contributed by atoms with Gasteiger partial charge in [-0.3, -0.25) is 4.79 Å². The minimum Gasteiger partial charge on any atom is -0.484 e. The molecule has 154 valence electrons. The summed E-state index contributed by atoms with van der Waals surface area (Å²) in [7, 11) is -3.63. The quantitative estimate of drug-likeness (QED) is 0.719. The van der Waals surface area contributed by atoms with Crippen molar-refractivity contribution in [3.05, 3.63) is 29.8 Å². The second-order valence-corrected chi connectivity index (χ2v) is 8.58. The lowest BCUT2D eigenvalue weighted by Crippen LogP contribution is -2.57. The summed E-state index contributed by atoms with van der Waals surface area (Å²) >= 11 is 0. The molecule has 0 spiro atoms. The molecule has 0 saturated carbocycles. The molecule has 1 aromatic carbocycles. The average Bonchev–Trinajstić information content (AvgIpc) is 2.57. The molecule has 0 atom stereocenters. The molecule has 0 aromatic heterocycles. The van der Waals surface area contributed by atoms with Gasteiger partial charge in [-0.25, -0.2) is 8.42 Å². The fourth-order valence-electron chi connectivity index (χ4n) is 2.85. The Morgan fingerprint density at radius 1 is 1.30 bits per heavy atom. The zero-order valence-electron chi connectivity index (χ0n) is 14.6. The summed E-state index contributed by atoms with van der Waals surface area (Å²) in [6, 6.07) is 5.86. The highest BCUT2D eigenvalue weighted by molar-refractivity contribution is 7.92. The number of amides is 1. The van der Waals surface area contributed by atoms with Gasteiger partial charge < -0.3 is 15.4 Å². The second kappa shape index (κ2) is 9.11. The van der Waals surface area contributed by atoms with Gasteiger partial charge in [0, 0.05) is 12.8 Å². The Morgan fingerprint density at radius 3 is 2.48 bits per heavy atom. The molecule has 1 heterocycles. The lowest BCUT2D eigenvalue weighted by Gasteiger charge is -2.34. The van der Waals surface area contributed by atoms with E-state index in [1.807, 2.05) is 0 Å². The van der Waals surface area contributed by atoms with Gasteiger partial charge in [0.25, 0.3) is 0 Å². The molecule has 2 rings (SSSR count). The van der Waals surface area contributed by atoms with Gasteiger partial charge in [0.05, 0.1) is 0 Å². The molecule has 1 aliphatic heterocycles. The van der Waals surface area contributed by atoms with Crippen LogP contribution >= 0.6 is 12.4 Å². The number of nitrogens with one attached hydrogen (secondary N) is 2. The first-order valence-corrected chi connectivity index (χ1v) is 9.90. The minimum atomic E-state index is -4.44. The number of piperidine rings is 1. The number of alkyl halides is 3. The summed E-state index contributed by atoms with van der Waals surface area (Å²) in [5, 5.41) is 5.61. The molecule has 1 saturated heterocycles. The molecule has 1 aliphatic rings. The first-order chi connectivity index (χ1) is 12.0. The van der Waals surface area contributed by atoms with Crippen molar-refractivity contribution in [3.63, 3.8) is 0 Å². The van der Waals surface area contributed by atoms with Crippen molar-refractivity contribution in [1.29, 1.82) is 0 Å². The third-order valence-corrected chi connectivity index (χ3v) is 6.30. The molecule has 0 bridgehead atoms. The fourth-order valence-corrected chi connectivity index (χ4v) is 4.21. The largest absolute Gasteiger partial charge is 0.484 e. The van der Waals surface area contributed by atoms with Crippen LogP contribution in [0.3, 0.4) is 0 Å². The van der Waals surface area contributed by atoms with Gasteiger partial charge in [-0.2, -0.15) is 13.2 Å². The van der Waals surface area contributed by atoms with E-state index in [0.29, 0.717) is 18.7 Å². The van der Waals surface area contributed by atoms with E-state index in [1.54, 1.807) is 6.07 Å². The van der Waals surface area contributed by atoms with Crippen LogP contribution in [0.5, 0.6) is 5.75 Å². The number of carbonyl (C=O) groups is 1. The monoisotopic (exact) mass is 430 g/mol. The van der Waals surface area contributed by atoms with Crippen molar-refractivity contribution in [3.8, 4) is 5.75 Å². The molecular weight excluding hydrogens is 409 g/mol. The summed E-state index contributed by atoms with van der Waals surface area (Å²) in [4.78, 5) is 12.6. The highest BCUT2D eigenvalue weighted by atomic mass is 35.5.